The Balaban J connectivity index is 1.56. The normalized spacial score (nSPS) is 22.7. The lowest BCUT2D eigenvalue weighted by Gasteiger charge is -2.20. The van der Waals surface area contributed by atoms with E-state index in [1.54, 1.807) is 9.58 Å². The molecule has 0 saturated carbocycles. The number of nitrogens with zero attached hydrogens (tertiary/aromatic N) is 3. The van der Waals surface area contributed by atoms with Crippen molar-refractivity contribution in [2.75, 3.05) is 28.3 Å². The Hall–Kier alpha value is -2.68. The minimum atomic E-state index is -3.11. The summed E-state index contributed by atoms with van der Waals surface area (Å²) in [5.41, 5.74) is 3.49. The summed E-state index contributed by atoms with van der Waals surface area (Å²) in [4.78, 5) is 27.6. The number of anilines is 2. The van der Waals surface area contributed by atoms with Crippen LogP contribution < -0.4 is 10.2 Å². The summed E-state index contributed by atoms with van der Waals surface area (Å²) >= 11 is 0. The molecule has 2 aromatic rings. The monoisotopic (exact) mass is 472 g/mol. The number of hydrogen-bond donors (Lipinski definition) is 1. The van der Waals surface area contributed by atoms with Crippen LogP contribution in [0.4, 0.5) is 11.5 Å². The zero-order chi connectivity index (χ0) is 24.1. The quantitative estimate of drug-likeness (QED) is 0.737. The lowest BCUT2D eigenvalue weighted by Crippen LogP contribution is -2.29. The Labute approximate surface area is 195 Å². The lowest BCUT2D eigenvalue weighted by atomic mass is 9.92. The highest BCUT2D eigenvalue weighted by Gasteiger charge is 2.37. The second kappa shape index (κ2) is 8.27. The smallest absolute Gasteiger partial charge is 0.230 e. The van der Waals surface area contributed by atoms with E-state index in [4.69, 9.17) is 0 Å². The van der Waals surface area contributed by atoms with Crippen LogP contribution in [0.5, 0.6) is 0 Å². The summed E-state index contributed by atoms with van der Waals surface area (Å²) in [5.74, 6) is -0.190. The van der Waals surface area contributed by atoms with E-state index >= 15 is 0 Å². The second-order valence-corrected chi connectivity index (χ2v) is 12.5. The summed E-state index contributed by atoms with van der Waals surface area (Å²) < 4.78 is 25.8. The van der Waals surface area contributed by atoms with E-state index in [1.807, 2.05) is 58.9 Å². The van der Waals surface area contributed by atoms with Crippen molar-refractivity contribution in [3.63, 3.8) is 0 Å². The van der Waals surface area contributed by atoms with Crippen molar-refractivity contribution in [3.8, 4) is 0 Å². The van der Waals surface area contributed by atoms with Crippen molar-refractivity contribution in [1.82, 2.24) is 9.78 Å². The minimum absolute atomic E-state index is 0.0173. The molecule has 0 bridgehead atoms. The molecule has 1 aromatic heterocycles. The van der Waals surface area contributed by atoms with Gasteiger partial charge in [-0.15, -0.1) is 0 Å². The van der Waals surface area contributed by atoms with Crippen LogP contribution in [-0.4, -0.2) is 48.1 Å². The average molecular weight is 473 g/mol. The molecule has 1 aromatic carbocycles. The van der Waals surface area contributed by atoms with Crippen LogP contribution in [0.25, 0.3) is 0 Å². The van der Waals surface area contributed by atoms with Crippen molar-refractivity contribution in [2.45, 2.75) is 58.9 Å². The number of nitrogens with one attached hydrogen (secondary N) is 1. The van der Waals surface area contributed by atoms with Gasteiger partial charge < -0.3 is 10.2 Å². The predicted octanol–water partition coefficient (Wildman–Crippen LogP) is 3.15. The van der Waals surface area contributed by atoms with Crippen molar-refractivity contribution in [2.24, 2.45) is 5.92 Å². The standard InChI is InChI=1S/C24H32N4O4S/c1-15-7-6-8-19(16(15)2)27-13-17(11-22(27)29)23(30)25-21-12-20(24(3,4)5)26-28(21)18-9-10-33(31,32)14-18/h6-8,12,17-18H,9-11,13-14H2,1-5H3,(H,25,30)/t17-,18+/m0/s1. The van der Waals surface area contributed by atoms with Crippen molar-refractivity contribution < 1.29 is 18.0 Å². The number of hydrogen-bond acceptors (Lipinski definition) is 5. The Morgan fingerprint density at radius 3 is 2.58 bits per heavy atom. The number of aryl methyl sites for hydroxylation is 1. The molecule has 2 atom stereocenters. The molecule has 33 heavy (non-hydrogen) atoms. The molecule has 0 unspecified atom stereocenters. The van der Waals surface area contributed by atoms with Gasteiger partial charge in [-0.05, 0) is 37.5 Å². The zero-order valence-electron chi connectivity index (χ0n) is 19.9. The van der Waals surface area contributed by atoms with E-state index in [0.717, 1.165) is 22.5 Å². The molecule has 8 nitrogen and oxygen atoms in total. The predicted molar refractivity (Wildman–Crippen MR) is 128 cm³/mol. The molecule has 9 heteroatoms. The van der Waals surface area contributed by atoms with E-state index in [0.29, 0.717) is 18.8 Å². The number of benzene rings is 1. The highest BCUT2D eigenvalue weighted by molar-refractivity contribution is 7.91. The Bertz CT molecular complexity index is 1210. The number of sulfone groups is 1. The number of amides is 2. The van der Waals surface area contributed by atoms with Gasteiger partial charge in [-0.2, -0.15) is 5.10 Å². The molecule has 0 spiro atoms. The Kier molecular flexibility index (Phi) is 5.88. The second-order valence-electron chi connectivity index (χ2n) is 10.3. The Morgan fingerprint density at radius 2 is 1.94 bits per heavy atom. The van der Waals surface area contributed by atoms with Crippen LogP contribution >= 0.6 is 0 Å². The summed E-state index contributed by atoms with van der Waals surface area (Å²) in [6.45, 7) is 10.4. The third-order valence-corrected chi connectivity index (χ3v) is 8.42. The molecule has 2 amide bonds. The first-order valence-electron chi connectivity index (χ1n) is 11.3. The summed E-state index contributed by atoms with van der Waals surface area (Å²) in [6.07, 6.45) is 0.607. The highest BCUT2D eigenvalue weighted by atomic mass is 32.2. The number of carbonyl (C=O) groups excluding carboxylic acids is 2. The maximum absolute atomic E-state index is 13.2. The van der Waals surface area contributed by atoms with Gasteiger partial charge in [-0.25, -0.2) is 13.1 Å². The summed E-state index contributed by atoms with van der Waals surface area (Å²) in [6, 6.07) is 7.34. The fourth-order valence-corrected chi connectivity index (χ4v) is 6.17. The number of carbonyl (C=O) groups is 2. The van der Waals surface area contributed by atoms with E-state index in [9.17, 15) is 18.0 Å². The van der Waals surface area contributed by atoms with Crippen LogP contribution in [0.1, 0.15) is 56.5 Å². The maximum atomic E-state index is 13.2. The van der Waals surface area contributed by atoms with Crippen LogP contribution in [0, 0.1) is 19.8 Å². The van der Waals surface area contributed by atoms with Gasteiger partial charge in [0.15, 0.2) is 9.84 Å². The molecule has 2 fully saturated rings. The summed E-state index contributed by atoms with van der Waals surface area (Å²) in [7, 11) is -3.11. The first-order chi connectivity index (χ1) is 15.4. The van der Waals surface area contributed by atoms with Gasteiger partial charge in [0.25, 0.3) is 0 Å². The molecule has 0 radical (unpaired) electrons. The topological polar surface area (TPSA) is 101 Å². The van der Waals surface area contributed by atoms with E-state index in [2.05, 4.69) is 10.4 Å². The molecule has 178 valence electrons. The van der Waals surface area contributed by atoms with E-state index in [-0.39, 0.29) is 41.2 Å². The van der Waals surface area contributed by atoms with E-state index in [1.165, 1.54) is 0 Å². The SMILES string of the molecule is Cc1cccc(N2C[C@@H](C(=O)Nc3cc(C(C)(C)C)nn3[C@@H]3CCS(=O)(=O)C3)CC2=O)c1C. The largest absolute Gasteiger partial charge is 0.311 e. The van der Waals surface area contributed by atoms with Crippen molar-refractivity contribution in [1.29, 1.82) is 0 Å². The van der Waals surface area contributed by atoms with Crippen molar-refractivity contribution >= 4 is 33.2 Å². The fraction of sp³-hybridized carbons (Fsp3) is 0.542. The van der Waals surface area contributed by atoms with Gasteiger partial charge in [0.2, 0.25) is 11.8 Å². The maximum Gasteiger partial charge on any atom is 0.230 e. The van der Waals surface area contributed by atoms with Gasteiger partial charge in [0.1, 0.15) is 5.82 Å². The molecule has 4 rings (SSSR count). The van der Waals surface area contributed by atoms with Crippen LogP contribution in [0.2, 0.25) is 0 Å². The molecule has 2 aliphatic heterocycles. The van der Waals surface area contributed by atoms with Gasteiger partial charge >= 0.3 is 0 Å². The van der Waals surface area contributed by atoms with Crippen LogP contribution in [-0.2, 0) is 24.8 Å². The zero-order valence-corrected chi connectivity index (χ0v) is 20.7. The fourth-order valence-electron chi connectivity index (χ4n) is 4.47. The molecule has 1 N–H and O–H groups in total. The Morgan fingerprint density at radius 1 is 1.21 bits per heavy atom. The third kappa shape index (κ3) is 4.69. The number of rotatable bonds is 4. The average Bonchev–Trinajstić information content (AvgIpc) is 3.40. The molecule has 2 aliphatic rings. The van der Waals surface area contributed by atoms with Gasteiger partial charge in [0, 0.05) is 30.1 Å². The molecule has 3 heterocycles. The lowest BCUT2D eigenvalue weighted by molar-refractivity contribution is -0.122. The van der Waals surface area contributed by atoms with Crippen LogP contribution in [0.15, 0.2) is 24.3 Å². The molecule has 0 aliphatic carbocycles. The summed E-state index contributed by atoms with van der Waals surface area (Å²) in [5, 5.41) is 7.62. The highest BCUT2D eigenvalue weighted by Crippen LogP contribution is 2.33. The van der Waals surface area contributed by atoms with Crippen LogP contribution in [0.3, 0.4) is 0 Å². The van der Waals surface area contributed by atoms with Crippen molar-refractivity contribution in [3.05, 3.63) is 41.1 Å². The number of aromatic nitrogens is 2. The molecular weight excluding hydrogens is 440 g/mol. The van der Waals surface area contributed by atoms with Gasteiger partial charge in [-0.1, -0.05) is 32.9 Å². The molecular formula is C24H32N4O4S. The first-order valence-corrected chi connectivity index (χ1v) is 13.2. The minimum Gasteiger partial charge on any atom is -0.311 e. The van der Waals surface area contributed by atoms with Gasteiger partial charge in [-0.3, -0.25) is 9.59 Å². The first kappa shape index (κ1) is 23.5. The van der Waals surface area contributed by atoms with E-state index < -0.39 is 15.8 Å². The third-order valence-electron chi connectivity index (χ3n) is 6.67. The van der Waals surface area contributed by atoms with Gasteiger partial charge in [0.05, 0.1) is 29.2 Å². The molecule has 2 saturated heterocycles.